The number of nitrogens with one attached hydrogen (secondary N) is 1. The molecular weight excluding hydrogens is 389 g/mol. The van der Waals surface area contributed by atoms with Gasteiger partial charge in [-0.15, -0.1) is 0 Å². The molecule has 26 heavy (non-hydrogen) atoms. The summed E-state index contributed by atoms with van der Waals surface area (Å²) >= 11 is 3.80. The number of alkyl halides is 3. The normalized spacial score (nSPS) is 12.8. The van der Waals surface area contributed by atoms with Crippen LogP contribution in [-0.4, -0.2) is 14.4 Å². The summed E-state index contributed by atoms with van der Waals surface area (Å²) in [5, 5.41) is 6.56. The molecule has 0 fully saturated rings. The van der Waals surface area contributed by atoms with Crippen LogP contribution in [0.2, 0.25) is 5.02 Å². The summed E-state index contributed by atoms with van der Waals surface area (Å²) in [5.74, 6) is 0.187. The van der Waals surface area contributed by atoms with Gasteiger partial charge in [0.15, 0.2) is 0 Å². The Morgan fingerprint density at radius 1 is 1.19 bits per heavy atom. The highest BCUT2D eigenvalue weighted by Gasteiger charge is 2.36. The second kappa shape index (κ2) is 7.13. The Kier molecular flexibility index (Phi) is 5.06. The van der Waals surface area contributed by atoms with Crippen LogP contribution in [0.5, 0.6) is 5.75 Å². The van der Waals surface area contributed by atoms with Crippen molar-refractivity contribution in [3.05, 3.63) is 64.8 Å². The van der Waals surface area contributed by atoms with Crippen molar-refractivity contribution in [1.29, 1.82) is 0 Å². The minimum atomic E-state index is -4.63. The molecule has 0 aliphatic heterocycles. The standard InChI is InChI=1S/C17H12ClF3N2O2S/c1-10-5-6-11(9-13(10)18)25-26(24)15-4-2-3-12(17(19,20)21)16(15)14-7-8-22-23-14/h2-9H,1H3,(H,22,23). The third kappa shape index (κ3) is 3.76. The summed E-state index contributed by atoms with van der Waals surface area (Å²) in [6.07, 6.45) is -3.32. The van der Waals surface area contributed by atoms with Gasteiger partial charge in [0.25, 0.3) is 0 Å². The summed E-state index contributed by atoms with van der Waals surface area (Å²) < 4.78 is 58.2. The topological polar surface area (TPSA) is 55.0 Å². The van der Waals surface area contributed by atoms with Gasteiger partial charge in [0.1, 0.15) is 5.75 Å². The Morgan fingerprint density at radius 2 is 1.96 bits per heavy atom. The molecule has 0 radical (unpaired) electrons. The van der Waals surface area contributed by atoms with Gasteiger partial charge in [-0.1, -0.05) is 23.7 Å². The smallest absolute Gasteiger partial charge is 0.397 e. The summed E-state index contributed by atoms with van der Waals surface area (Å²) in [6, 6.07) is 9.45. The van der Waals surface area contributed by atoms with E-state index < -0.39 is 22.8 Å². The van der Waals surface area contributed by atoms with E-state index >= 15 is 0 Å². The van der Waals surface area contributed by atoms with Gasteiger partial charge in [-0.05, 0) is 36.8 Å². The Balaban J connectivity index is 2.06. The van der Waals surface area contributed by atoms with Gasteiger partial charge in [-0.2, -0.15) is 18.3 Å². The lowest BCUT2D eigenvalue weighted by Crippen LogP contribution is -2.11. The van der Waals surface area contributed by atoms with E-state index in [1.165, 1.54) is 30.5 Å². The van der Waals surface area contributed by atoms with Gasteiger partial charge in [0, 0.05) is 22.8 Å². The quantitative estimate of drug-likeness (QED) is 0.658. The van der Waals surface area contributed by atoms with E-state index in [4.69, 9.17) is 15.8 Å². The third-order valence-electron chi connectivity index (χ3n) is 3.60. The number of aromatic nitrogens is 2. The Hall–Kier alpha value is -2.32. The highest BCUT2D eigenvalue weighted by atomic mass is 35.5. The van der Waals surface area contributed by atoms with E-state index in [1.807, 2.05) is 0 Å². The second-order valence-electron chi connectivity index (χ2n) is 5.38. The zero-order chi connectivity index (χ0) is 18.9. The average Bonchev–Trinajstić information content (AvgIpc) is 3.11. The molecule has 0 saturated heterocycles. The minimum absolute atomic E-state index is 0.0896. The Bertz CT molecular complexity index is 959. The maximum Gasteiger partial charge on any atom is 0.417 e. The van der Waals surface area contributed by atoms with E-state index in [2.05, 4.69) is 10.2 Å². The van der Waals surface area contributed by atoms with Gasteiger partial charge >= 0.3 is 6.18 Å². The van der Waals surface area contributed by atoms with Crippen molar-refractivity contribution in [2.75, 3.05) is 0 Å². The molecule has 9 heteroatoms. The van der Waals surface area contributed by atoms with Crippen molar-refractivity contribution in [1.82, 2.24) is 10.2 Å². The molecule has 2 aromatic carbocycles. The highest BCUT2D eigenvalue weighted by molar-refractivity contribution is 7.80. The number of nitrogens with zero attached hydrogens (tertiary/aromatic N) is 1. The Labute approximate surface area is 154 Å². The zero-order valence-electron chi connectivity index (χ0n) is 13.3. The second-order valence-corrected chi connectivity index (χ2v) is 6.86. The number of rotatable bonds is 4. The fourth-order valence-corrected chi connectivity index (χ4v) is 3.45. The van der Waals surface area contributed by atoms with E-state index in [0.29, 0.717) is 5.02 Å². The van der Waals surface area contributed by atoms with E-state index in [1.54, 1.807) is 19.1 Å². The first-order valence-corrected chi connectivity index (χ1v) is 8.79. The molecule has 1 heterocycles. The lowest BCUT2D eigenvalue weighted by Gasteiger charge is -2.15. The predicted molar refractivity (Wildman–Crippen MR) is 92.3 cm³/mol. The van der Waals surface area contributed by atoms with Crippen molar-refractivity contribution in [2.24, 2.45) is 0 Å². The summed E-state index contributed by atoms with van der Waals surface area (Å²) in [4.78, 5) is -0.124. The van der Waals surface area contributed by atoms with E-state index in [-0.39, 0.29) is 21.9 Å². The van der Waals surface area contributed by atoms with Gasteiger partial charge < -0.3 is 4.18 Å². The van der Waals surface area contributed by atoms with Crippen LogP contribution in [0.4, 0.5) is 13.2 Å². The number of aromatic amines is 1. The molecule has 0 aliphatic rings. The summed E-state index contributed by atoms with van der Waals surface area (Å²) in [7, 11) is 0. The van der Waals surface area contributed by atoms with E-state index in [9.17, 15) is 17.4 Å². The van der Waals surface area contributed by atoms with Gasteiger partial charge in [-0.3, -0.25) is 5.10 Å². The van der Waals surface area contributed by atoms with Gasteiger partial charge in [0.2, 0.25) is 11.1 Å². The molecule has 1 aromatic heterocycles. The van der Waals surface area contributed by atoms with Gasteiger partial charge in [-0.25, -0.2) is 4.21 Å². The number of H-pyrrole nitrogens is 1. The van der Waals surface area contributed by atoms with Crippen molar-refractivity contribution >= 4 is 22.7 Å². The molecular formula is C17H12ClF3N2O2S. The first-order chi connectivity index (χ1) is 12.3. The van der Waals surface area contributed by atoms with Crippen LogP contribution in [-0.2, 0) is 17.3 Å². The summed E-state index contributed by atoms with van der Waals surface area (Å²) in [6.45, 7) is 1.78. The summed E-state index contributed by atoms with van der Waals surface area (Å²) in [5.41, 5.74) is -0.319. The maximum atomic E-state index is 13.4. The molecule has 4 nitrogen and oxygen atoms in total. The van der Waals surface area contributed by atoms with Gasteiger partial charge in [0.05, 0.1) is 16.2 Å². The number of hydrogen-bond acceptors (Lipinski definition) is 3. The molecule has 1 N–H and O–H groups in total. The van der Waals surface area contributed by atoms with Crippen LogP contribution < -0.4 is 4.18 Å². The van der Waals surface area contributed by atoms with Crippen LogP contribution >= 0.6 is 11.6 Å². The SMILES string of the molecule is Cc1ccc(OS(=O)c2cccc(C(F)(F)F)c2-c2ccn[nH]2)cc1Cl. The molecule has 136 valence electrons. The monoisotopic (exact) mass is 400 g/mol. The number of benzene rings is 2. The zero-order valence-corrected chi connectivity index (χ0v) is 14.9. The largest absolute Gasteiger partial charge is 0.417 e. The minimum Gasteiger partial charge on any atom is -0.397 e. The van der Waals surface area contributed by atoms with Crippen LogP contribution in [0.3, 0.4) is 0 Å². The first kappa shape index (κ1) is 18.5. The molecule has 0 saturated carbocycles. The number of aryl methyl sites for hydroxylation is 1. The number of hydrogen-bond donors (Lipinski definition) is 1. The first-order valence-electron chi connectivity index (χ1n) is 7.33. The molecule has 3 rings (SSSR count). The van der Waals surface area contributed by atoms with E-state index in [0.717, 1.165) is 11.6 Å². The highest BCUT2D eigenvalue weighted by Crippen LogP contribution is 2.39. The van der Waals surface area contributed by atoms with Crippen LogP contribution in [0.25, 0.3) is 11.3 Å². The van der Waals surface area contributed by atoms with Crippen LogP contribution in [0.15, 0.2) is 53.6 Å². The fraction of sp³-hybridized carbons (Fsp3) is 0.118. The lowest BCUT2D eigenvalue weighted by molar-refractivity contribution is -0.137. The van der Waals surface area contributed by atoms with Crippen molar-refractivity contribution in [2.45, 2.75) is 18.0 Å². The number of halogens is 4. The van der Waals surface area contributed by atoms with Crippen molar-refractivity contribution in [3.8, 4) is 17.0 Å². The molecule has 0 bridgehead atoms. The molecule has 0 spiro atoms. The third-order valence-corrected chi connectivity index (χ3v) is 5.05. The predicted octanol–water partition coefficient (Wildman–Crippen LogP) is 5.16. The molecule has 0 amide bonds. The lowest BCUT2D eigenvalue weighted by atomic mass is 10.0. The maximum absolute atomic E-state index is 13.4. The molecule has 3 aromatic rings. The van der Waals surface area contributed by atoms with Crippen LogP contribution in [0, 0.1) is 6.92 Å². The van der Waals surface area contributed by atoms with Crippen molar-refractivity contribution in [3.63, 3.8) is 0 Å². The average molecular weight is 401 g/mol. The molecule has 1 atom stereocenters. The van der Waals surface area contributed by atoms with Crippen LogP contribution in [0.1, 0.15) is 11.1 Å². The molecule has 0 aliphatic carbocycles. The van der Waals surface area contributed by atoms with Crippen molar-refractivity contribution < 1.29 is 21.6 Å². The fourth-order valence-electron chi connectivity index (χ4n) is 2.34. The Morgan fingerprint density at radius 3 is 2.58 bits per heavy atom. The molecule has 1 unspecified atom stereocenters.